The van der Waals surface area contributed by atoms with Gasteiger partial charge in [0, 0.05) is 23.4 Å². The Morgan fingerprint density at radius 2 is 2.03 bits per heavy atom. The van der Waals surface area contributed by atoms with Crippen molar-refractivity contribution >= 4 is 11.8 Å². The summed E-state index contributed by atoms with van der Waals surface area (Å²) in [4.78, 5) is 25.9. The average molecular weight is 451 g/mol. The minimum atomic E-state index is -1.36. The van der Waals surface area contributed by atoms with Crippen molar-refractivity contribution in [3.8, 4) is 23.3 Å². The summed E-state index contributed by atoms with van der Waals surface area (Å²) in [5.74, 6) is -2.42. The third-order valence-corrected chi connectivity index (χ3v) is 6.70. The summed E-state index contributed by atoms with van der Waals surface area (Å²) in [6.45, 7) is 1.58. The summed E-state index contributed by atoms with van der Waals surface area (Å²) < 4.78 is 10.7. The average Bonchev–Trinajstić information content (AvgIpc) is 3.29. The second-order valence-corrected chi connectivity index (χ2v) is 8.48. The molecule has 6 atom stereocenters. The van der Waals surface area contributed by atoms with Crippen LogP contribution in [0.2, 0.25) is 0 Å². The fraction of sp³-hybridized carbons (Fsp3) is 0.348. The number of aromatic hydroxyl groups is 1. The van der Waals surface area contributed by atoms with Gasteiger partial charge in [0.1, 0.15) is 6.10 Å². The number of hydrogen-bond donors (Lipinski definition) is 5. The van der Waals surface area contributed by atoms with Crippen molar-refractivity contribution in [3.05, 3.63) is 52.6 Å². The molecule has 5 N–H and O–H groups in total. The maximum absolute atomic E-state index is 13.0. The Bertz CT molecular complexity index is 1210. The van der Waals surface area contributed by atoms with Crippen LogP contribution < -0.4 is 20.1 Å². The number of benzene rings is 2. The monoisotopic (exact) mass is 451 g/mol. The lowest BCUT2D eigenvalue weighted by molar-refractivity contribution is -0.0760. The van der Waals surface area contributed by atoms with Crippen molar-refractivity contribution in [1.82, 2.24) is 10.6 Å². The van der Waals surface area contributed by atoms with Gasteiger partial charge in [0.2, 0.25) is 12.5 Å². The van der Waals surface area contributed by atoms with Crippen LogP contribution in [0.1, 0.15) is 44.7 Å². The molecule has 2 aromatic carbocycles. The number of fused-ring (bicyclic) bond motifs is 4. The van der Waals surface area contributed by atoms with Crippen LogP contribution in [-0.2, 0) is 0 Å². The van der Waals surface area contributed by atoms with E-state index < -0.39 is 47.9 Å². The number of carbonyl (C=O) groups excluding carboxylic acids is 2. The first-order valence-electron chi connectivity index (χ1n) is 10.4. The van der Waals surface area contributed by atoms with Gasteiger partial charge in [-0.1, -0.05) is 13.0 Å². The standard InChI is InChI=1S/C23H21N3O7/c1-9-16-14(12-6-13-21(33-8-32-13)19(28)15(12)23(31)25-16)17(20(29)18(9)27)26-22(30)11-4-2-3-10(5-11)7-24/h2-6,9,14,16-18,20,27-29H,8H2,1H3,(H,25,31)(H,26,30)/t9-,14+,16-,17+,18-,20-/m0/s1. The van der Waals surface area contributed by atoms with Crippen molar-refractivity contribution < 1.29 is 34.4 Å². The summed E-state index contributed by atoms with van der Waals surface area (Å²) in [6, 6.07) is 7.96. The number of hydrogen-bond acceptors (Lipinski definition) is 8. The molecule has 0 spiro atoms. The maximum atomic E-state index is 13.0. The Kier molecular flexibility index (Phi) is 4.88. The van der Waals surface area contributed by atoms with E-state index in [4.69, 9.17) is 14.7 Å². The van der Waals surface area contributed by atoms with Crippen LogP contribution in [0.15, 0.2) is 30.3 Å². The van der Waals surface area contributed by atoms with Gasteiger partial charge in [-0.25, -0.2) is 0 Å². The summed E-state index contributed by atoms with van der Waals surface area (Å²) in [5.41, 5.74) is 0.854. The van der Waals surface area contributed by atoms with Crippen LogP contribution in [0, 0.1) is 17.2 Å². The molecule has 1 aliphatic carbocycles. The van der Waals surface area contributed by atoms with Gasteiger partial charge in [-0.05, 0) is 29.8 Å². The van der Waals surface area contributed by atoms with E-state index in [1.54, 1.807) is 25.1 Å². The van der Waals surface area contributed by atoms with Gasteiger partial charge in [-0.3, -0.25) is 9.59 Å². The maximum Gasteiger partial charge on any atom is 0.255 e. The van der Waals surface area contributed by atoms with Gasteiger partial charge < -0.3 is 35.4 Å². The number of phenols is 1. The van der Waals surface area contributed by atoms with Crippen LogP contribution in [0.5, 0.6) is 17.2 Å². The Morgan fingerprint density at radius 3 is 2.79 bits per heavy atom. The quantitative estimate of drug-likeness (QED) is 0.437. The van der Waals surface area contributed by atoms with Crippen LogP contribution in [-0.4, -0.2) is 58.2 Å². The molecule has 0 radical (unpaired) electrons. The van der Waals surface area contributed by atoms with Crippen LogP contribution in [0.25, 0.3) is 0 Å². The molecule has 1 saturated carbocycles. The first kappa shape index (κ1) is 21.1. The number of ether oxygens (including phenoxy) is 2. The van der Waals surface area contributed by atoms with E-state index in [0.717, 1.165) is 0 Å². The third-order valence-electron chi connectivity index (χ3n) is 6.70. The molecule has 0 unspecified atom stereocenters. The highest BCUT2D eigenvalue weighted by molar-refractivity contribution is 6.02. The summed E-state index contributed by atoms with van der Waals surface area (Å²) in [7, 11) is 0. The van der Waals surface area contributed by atoms with E-state index in [1.807, 2.05) is 6.07 Å². The molecule has 5 rings (SSSR count). The number of nitrogens with zero attached hydrogens (tertiary/aromatic N) is 1. The molecule has 2 amide bonds. The SMILES string of the molecule is C[C@@H]1[C@H](O)[C@@H](O)[C@H](NC(=O)c2cccc(C#N)c2)[C@@H]2c3cc4c(c(O)c3C(=O)N[C@@H]12)OCO4. The second-order valence-electron chi connectivity index (χ2n) is 8.48. The molecule has 0 saturated heterocycles. The van der Waals surface area contributed by atoms with E-state index in [1.165, 1.54) is 12.1 Å². The number of aliphatic hydroxyl groups excluding tert-OH is 2. The number of nitriles is 1. The molecule has 3 aliphatic rings. The van der Waals surface area contributed by atoms with Crippen LogP contribution in [0.3, 0.4) is 0 Å². The van der Waals surface area contributed by atoms with Crippen molar-refractivity contribution in [2.24, 2.45) is 5.92 Å². The molecular formula is C23H21N3O7. The predicted octanol–water partition coefficient (Wildman–Crippen LogP) is 0.358. The van der Waals surface area contributed by atoms with E-state index in [0.29, 0.717) is 11.1 Å². The van der Waals surface area contributed by atoms with E-state index in [2.05, 4.69) is 10.6 Å². The fourth-order valence-corrected chi connectivity index (χ4v) is 5.02. The lowest BCUT2D eigenvalue weighted by Gasteiger charge is -2.50. The number of nitrogens with one attached hydrogen (secondary N) is 2. The molecule has 170 valence electrons. The Hall–Kier alpha value is -3.81. The van der Waals surface area contributed by atoms with E-state index in [-0.39, 0.29) is 35.2 Å². The van der Waals surface area contributed by atoms with Crippen molar-refractivity contribution in [1.29, 1.82) is 5.26 Å². The predicted molar refractivity (Wildman–Crippen MR) is 112 cm³/mol. The minimum Gasteiger partial charge on any atom is -0.504 e. The lowest BCUT2D eigenvalue weighted by Crippen LogP contribution is -2.67. The second kappa shape index (κ2) is 7.65. The molecule has 10 heteroatoms. The minimum absolute atomic E-state index is 0.0259. The van der Waals surface area contributed by atoms with Gasteiger partial charge in [0.05, 0.1) is 29.3 Å². The summed E-state index contributed by atoms with van der Waals surface area (Å²) >= 11 is 0. The van der Waals surface area contributed by atoms with Gasteiger partial charge in [-0.15, -0.1) is 0 Å². The molecule has 2 aliphatic heterocycles. The van der Waals surface area contributed by atoms with Crippen LogP contribution >= 0.6 is 0 Å². The topological polar surface area (TPSA) is 161 Å². The third kappa shape index (κ3) is 3.16. The van der Waals surface area contributed by atoms with Gasteiger partial charge >= 0.3 is 0 Å². The van der Waals surface area contributed by atoms with Crippen molar-refractivity contribution in [2.45, 2.75) is 37.1 Å². The molecule has 10 nitrogen and oxygen atoms in total. The van der Waals surface area contributed by atoms with Gasteiger partial charge in [-0.2, -0.15) is 5.26 Å². The largest absolute Gasteiger partial charge is 0.504 e. The summed E-state index contributed by atoms with van der Waals surface area (Å²) in [6.07, 6.45) is -2.59. The van der Waals surface area contributed by atoms with Crippen molar-refractivity contribution in [2.75, 3.05) is 6.79 Å². The number of carbonyl (C=O) groups is 2. The lowest BCUT2D eigenvalue weighted by atomic mass is 9.66. The highest BCUT2D eigenvalue weighted by atomic mass is 16.7. The zero-order valence-corrected chi connectivity index (χ0v) is 17.5. The molecule has 33 heavy (non-hydrogen) atoms. The Labute approximate surface area is 188 Å². The normalized spacial score (nSPS) is 29.3. The smallest absolute Gasteiger partial charge is 0.255 e. The van der Waals surface area contributed by atoms with E-state index in [9.17, 15) is 24.9 Å². The molecular weight excluding hydrogens is 430 g/mol. The van der Waals surface area contributed by atoms with Gasteiger partial charge in [0.15, 0.2) is 11.5 Å². The number of rotatable bonds is 2. The fourth-order valence-electron chi connectivity index (χ4n) is 5.02. The Balaban J connectivity index is 1.59. The molecule has 2 aromatic rings. The first-order valence-corrected chi connectivity index (χ1v) is 10.4. The van der Waals surface area contributed by atoms with Crippen LogP contribution in [0.4, 0.5) is 0 Å². The van der Waals surface area contributed by atoms with Gasteiger partial charge in [0.25, 0.3) is 11.8 Å². The number of aliphatic hydroxyl groups is 2. The zero-order valence-electron chi connectivity index (χ0n) is 17.5. The molecule has 2 heterocycles. The van der Waals surface area contributed by atoms with Crippen molar-refractivity contribution in [3.63, 3.8) is 0 Å². The highest BCUT2D eigenvalue weighted by Gasteiger charge is 2.53. The highest BCUT2D eigenvalue weighted by Crippen LogP contribution is 2.50. The number of amides is 2. The molecule has 1 fully saturated rings. The summed E-state index contributed by atoms with van der Waals surface area (Å²) in [5, 5.41) is 47.0. The zero-order chi connectivity index (χ0) is 23.4. The first-order chi connectivity index (χ1) is 15.8. The number of phenolic OH excluding ortho intramolecular Hbond substituents is 1. The Morgan fingerprint density at radius 1 is 1.24 bits per heavy atom. The molecule has 0 bridgehead atoms. The molecule has 0 aromatic heterocycles. The van der Waals surface area contributed by atoms with E-state index >= 15 is 0 Å².